The van der Waals surface area contributed by atoms with Gasteiger partial charge in [0.15, 0.2) is 9.84 Å². The van der Waals surface area contributed by atoms with Crippen molar-refractivity contribution in [3.63, 3.8) is 0 Å². The predicted molar refractivity (Wildman–Crippen MR) is 70.2 cm³/mol. The van der Waals surface area contributed by atoms with Crippen LogP contribution in [0.4, 0.5) is 0 Å². The minimum absolute atomic E-state index is 0.0278. The average Bonchev–Trinajstić information content (AvgIpc) is 2.27. The van der Waals surface area contributed by atoms with E-state index >= 15 is 0 Å². The molecule has 100 valence electrons. The van der Waals surface area contributed by atoms with Gasteiger partial charge in [-0.3, -0.25) is 4.79 Å². The number of sulfone groups is 1. The lowest BCUT2D eigenvalue weighted by molar-refractivity contribution is -0.137. The predicted octanol–water partition coefficient (Wildman–Crippen LogP) is 2.16. The molecule has 0 aliphatic carbocycles. The van der Waals surface area contributed by atoms with E-state index in [0.717, 1.165) is 11.1 Å². The van der Waals surface area contributed by atoms with Crippen LogP contribution >= 0.6 is 0 Å². The van der Waals surface area contributed by atoms with Crippen molar-refractivity contribution in [3.8, 4) is 0 Å². The van der Waals surface area contributed by atoms with Crippen LogP contribution in [0.15, 0.2) is 24.3 Å². The number of carboxylic acids is 1. The minimum atomic E-state index is -3.14. The summed E-state index contributed by atoms with van der Waals surface area (Å²) in [4.78, 5) is 10.3. The molecule has 0 fully saturated rings. The third-order valence-corrected chi connectivity index (χ3v) is 4.29. The summed E-state index contributed by atoms with van der Waals surface area (Å²) in [6.07, 6.45) is 0.836. The lowest BCUT2D eigenvalue weighted by Crippen LogP contribution is -2.10. The zero-order valence-electron chi connectivity index (χ0n) is 10.4. The van der Waals surface area contributed by atoms with Crippen molar-refractivity contribution in [2.75, 3.05) is 5.75 Å². The highest BCUT2D eigenvalue weighted by Crippen LogP contribution is 2.10. The largest absolute Gasteiger partial charge is 0.481 e. The van der Waals surface area contributed by atoms with Crippen molar-refractivity contribution in [2.24, 2.45) is 0 Å². The van der Waals surface area contributed by atoms with Crippen LogP contribution in [0.5, 0.6) is 0 Å². The van der Waals surface area contributed by atoms with Crippen LogP contribution in [0.3, 0.4) is 0 Å². The third kappa shape index (κ3) is 5.82. The van der Waals surface area contributed by atoms with Gasteiger partial charge in [0, 0.05) is 6.42 Å². The average molecular weight is 270 g/mol. The van der Waals surface area contributed by atoms with Gasteiger partial charge in [-0.25, -0.2) is 8.42 Å². The van der Waals surface area contributed by atoms with E-state index in [1.165, 1.54) is 0 Å². The van der Waals surface area contributed by atoms with E-state index in [0.29, 0.717) is 12.8 Å². The van der Waals surface area contributed by atoms with Gasteiger partial charge in [0.1, 0.15) is 0 Å². The van der Waals surface area contributed by atoms with Crippen molar-refractivity contribution >= 4 is 15.8 Å². The fourth-order valence-electron chi connectivity index (χ4n) is 1.61. The van der Waals surface area contributed by atoms with Crippen LogP contribution in [0.1, 0.15) is 30.4 Å². The molecule has 0 aliphatic heterocycles. The normalized spacial score (nSPS) is 11.4. The molecule has 5 heteroatoms. The molecule has 0 atom stereocenters. The molecule has 1 aromatic carbocycles. The molecule has 0 unspecified atom stereocenters. The van der Waals surface area contributed by atoms with Gasteiger partial charge in [0.2, 0.25) is 0 Å². The van der Waals surface area contributed by atoms with Gasteiger partial charge in [-0.2, -0.15) is 0 Å². The maximum absolute atomic E-state index is 11.8. The topological polar surface area (TPSA) is 71.4 Å². The Balaban J connectivity index is 2.44. The quantitative estimate of drug-likeness (QED) is 0.771. The second-order valence-corrected chi connectivity index (χ2v) is 6.61. The highest BCUT2D eigenvalue weighted by Gasteiger charge is 2.11. The maximum atomic E-state index is 11.8. The Bertz CT molecular complexity index is 488. The molecule has 0 amide bonds. The summed E-state index contributed by atoms with van der Waals surface area (Å²) < 4.78 is 23.6. The Morgan fingerprint density at radius 2 is 1.78 bits per heavy atom. The first-order chi connectivity index (χ1) is 8.39. The molecule has 0 aromatic heterocycles. The zero-order chi connectivity index (χ0) is 13.6. The van der Waals surface area contributed by atoms with Gasteiger partial charge in [-0.15, -0.1) is 0 Å². The number of aryl methyl sites for hydroxylation is 1. The number of unbranched alkanes of at least 4 members (excludes halogenated alkanes) is 1. The monoisotopic (exact) mass is 270 g/mol. The highest BCUT2D eigenvalue weighted by atomic mass is 32.2. The molecular formula is C13H18O4S. The van der Waals surface area contributed by atoms with Crippen LogP contribution in [0.25, 0.3) is 0 Å². The van der Waals surface area contributed by atoms with E-state index in [9.17, 15) is 13.2 Å². The molecule has 1 N–H and O–H groups in total. The summed E-state index contributed by atoms with van der Waals surface area (Å²) in [5.74, 6) is -0.806. The number of aliphatic carboxylic acids is 1. The number of hydrogen-bond donors (Lipinski definition) is 1. The van der Waals surface area contributed by atoms with E-state index in [4.69, 9.17) is 5.11 Å². The van der Waals surface area contributed by atoms with Crippen molar-refractivity contribution < 1.29 is 18.3 Å². The summed E-state index contributed by atoms with van der Waals surface area (Å²) in [5, 5.41) is 8.45. The number of rotatable bonds is 7. The third-order valence-electron chi connectivity index (χ3n) is 2.60. The first-order valence-corrected chi connectivity index (χ1v) is 7.69. The lowest BCUT2D eigenvalue weighted by atomic mass is 10.2. The van der Waals surface area contributed by atoms with Gasteiger partial charge < -0.3 is 5.11 Å². The fraction of sp³-hybridized carbons (Fsp3) is 0.462. The van der Waals surface area contributed by atoms with Crippen LogP contribution in [-0.4, -0.2) is 25.2 Å². The van der Waals surface area contributed by atoms with Gasteiger partial charge in [0.05, 0.1) is 11.5 Å². The van der Waals surface area contributed by atoms with Gasteiger partial charge >= 0.3 is 5.97 Å². The first-order valence-electron chi connectivity index (χ1n) is 5.87. The number of hydrogen-bond acceptors (Lipinski definition) is 3. The first kappa shape index (κ1) is 14.7. The molecule has 0 radical (unpaired) electrons. The summed E-state index contributed by atoms with van der Waals surface area (Å²) in [7, 11) is -3.14. The smallest absolute Gasteiger partial charge is 0.303 e. The molecular weight excluding hydrogens is 252 g/mol. The number of carboxylic acid groups (broad SMARTS) is 1. The van der Waals surface area contributed by atoms with E-state index in [1.54, 1.807) is 0 Å². The van der Waals surface area contributed by atoms with Gasteiger partial charge in [-0.05, 0) is 25.3 Å². The Morgan fingerprint density at radius 3 is 2.33 bits per heavy atom. The Morgan fingerprint density at radius 1 is 1.17 bits per heavy atom. The van der Waals surface area contributed by atoms with E-state index in [-0.39, 0.29) is 17.9 Å². The van der Waals surface area contributed by atoms with Crippen molar-refractivity contribution in [1.82, 2.24) is 0 Å². The van der Waals surface area contributed by atoms with Crippen LogP contribution in [-0.2, 0) is 20.4 Å². The van der Waals surface area contributed by atoms with Gasteiger partial charge in [-0.1, -0.05) is 29.8 Å². The minimum Gasteiger partial charge on any atom is -0.481 e. The van der Waals surface area contributed by atoms with Crippen molar-refractivity contribution in [1.29, 1.82) is 0 Å². The summed E-state index contributed by atoms with van der Waals surface area (Å²) in [5.41, 5.74) is 1.87. The molecule has 0 aliphatic rings. The highest BCUT2D eigenvalue weighted by molar-refractivity contribution is 7.90. The fourth-order valence-corrected chi connectivity index (χ4v) is 3.10. The molecule has 0 spiro atoms. The molecule has 0 saturated carbocycles. The van der Waals surface area contributed by atoms with Crippen LogP contribution in [0.2, 0.25) is 0 Å². The summed E-state index contributed by atoms with van der Waals surface area (Å²) in [6, 6.07) is 7.39. The molecule has 18 heavy (non-hydrogen) atoms. The van der Waals surface area contributed by atoms with Gasteiger partial charge in [0.25, 0.3) is 0 Å². The zero-order valence-corrected chi connectivity index (χ0v) is 11.2. The summed E-state index contributed by atoms with van der Waals surface area (Å²) >= 11 is 0. The van der Waals surface area contributed by atoms with E-state index in [1.807, 2.05) is 31.2 Å². The van der Waals surface area contributed by atoms with E-state index < -0.39 is 15.8 Å². The molecule has 0 heterocycles. The number of benzene rings is 1. The Labute approximate surface area is 108 Å². The molecule has 4 nitrogen and oxygen atoms in total. The molecule has 1 aromatic rings. The maximum Gasteiger partial charge on any atom is 0.303 e. The Kier molecular flexibility index (Phi) is 5.34. The SMILES string of the molecule is Cc1ccc(CS(=O)(=O)CCCCC(=O)O)cc1. The van der Waals surface area contributed by atoms with Crippen molar-refractivity contribution in [3.05, 3.63) is 35.4 Å². The second-order valence-electron chi connectivity index (χ2n) is 4.43. The number of carbonyl (C=O) groups is 1. The lowest BCUT2D eigenvalue weighted by Gasteiger charge is -2.04. The van der Waals surface area contributed by atoms with E-state index in [2.05, 4.69) is 0 Å². The van der Waals surface area contributed by atoms with Crippen LogP contribution in [0, 0.1) is 6.92 Å². The molecule has 1 rings (SSSR count). The van der Waals surface area contributed by atoms with Crippen molar-refractivity contribution in [2.45, 2.75) is 31.9 Å². The summed E-state index contributed by atoms with van der Waals surface area (Å²) in [6.45, 7) is 1.95. The standard InChI is InChI=1S/C13H18O4S/c1-11-5-7-12(8-6-11)10-18(16,17)9-3-2-4-13(14)15/h5-8H,2-4,9-10H2,1H3,(H,14,15). The molecule has 0 saturated heterocycles. The second kappa shape index (κ2) is 6.54. The molecule has 0 bridgehead atoms. The van der Waals surface area contributed by atoms with Crippen LogP contribution < -0.4 is 0 Å². The Hall–Kier alpha value is -1.36.